The van der Waals surface area contributed by atoms with E-state index in [1.807, 2.05) is 13.0 Å². The van der Waals surface area contributed by atoms with Crippen molar-refractivity contribution in [2.24, 2.45) is 0 Å². The molecule has 7 heteroatoms. The number of nitriles is 1. The third kappa shape index (κ3) is 1.39. The van der Waals surface area contributed by atoms with Crippen LogP contribution in [0.25, 0.3) is 5.13 Å². The minimum absolute atomic E-state index is 0.132. The maximum absolute atomic E-state index is 8.48. The maximum atomic E-state index is 8.48. The second kappa shape index (κ2) is 2.91. The van der Waals surface area contributed by atoms with Crippen molar-refractivity contribution in [2.45, 2.75) is 6.92 Å². The average Bonchev–Trinajstić information content (AvgIpc) is 2.71. The highest BCUT2D eigenvalue weighted by molar-refractivity contribution is 7.13. The third-order valence-electron chi connectivity index (χ3n) is 1.30. The van der Waals surface area contributed by atoms with Crippen molar-refractivity contribution in [3.8, 4) is 11.2 Å². The first kappa shape index (κ1) is 7.82. The van der Waals surface area contributed by atoms with Gasteiger partial charge in [0.05, 0.1) is 0 Å². The predicted molar refractivity (Wildman–Crippen MR) is 44.3 cm³/mol. The SMILES string of the molecule is Cc1nnc(-n2cnc(C#N)n2)s1. The smallest absolute Gasteiger partial charge is 0.206 e. The van der Waals surface area contributed by atoms with E-state index >= 15 is 0 Å². The molecule has 0 aromatic carbocycles. The fourth-order valence-electron chi connectivity index (χ4n) is 0.785. The monoisotopic (exact) mass is 192 g/mol. The molecule has 2 heterocycles. The number of aromatic nitrogens is 5. The number of aryl methyl sites for hydroxylation is 1. The van der Waals surface area contributed by atoms with Gasteiger partial charge in [0.15, 0.2) is 0 Å². The van der Waals surface area contributed by atoms with Crippen LogP contribution in [0.5, 0.6) is 0 Å². The van der Waals surface area contributed by atoms with Gasteiger partial charge < -0.3 is 0 Å². The van der Waals surface area contributed by atoms with Crippen molar-refractivity contribution in [1.82, 2.24) is 25.0 Å². The van der Waals surface area contributed by atoms with Crippen molar-refractivity contribution >= 4 is 11.3 Å². The molecule has 0 aliphatic carbocycles. The van der Waals surface area contributed by atoms with E-state index in [0.717, 1.165) is 5.01 Å². The first-order valence-corrected chi connectivity index (χ1v) is 4.23. The minimum atomic E-state index is 0.132. The zero-order valence-corrected chi connectivity index (χ0v) is 7.49. The molecule has 0 bridgehead atoms. The molecular weight excluding hydrogens is 188 g/mol. The molecule has 0 unspecified atom stereocenters. The second-order valence-corrected chi connectivity index (χ2v) is 3.39. The lowest BCUT2D eigenvalue weighted by Crippen LogP contribution is -1.93. The van der Waals surface area contributed by atoms with Crippen LogP contribution >= 0.6 is 11.3 Å². The quantitative estimate of drug-likeness (QED) is 0.649. The van der Waals surface area contributed by atoms with E-state index in [0.29, 0.717) is 5.13 Å². The zero-order valence-electron chi connectivity index (χ0n) is 6.67. The summed E-state index contributed by atoms with van der Waals surface area (Å²) in [5.74, 6) is 0.132. The third-order valence-corrected chi connectivity index (χ3v) is 2.13. The normalized spacial score (nSPS) is 9.85. The van der Waals surface area contributed by atoms with Crippen molar-refractivity contribution < 1.29 is 0 Å². The topological polar surface area (TPSA) is 80.3 Å². The second-order valence-electron chi connectivity index (χ2n) is 2.23. The lowest BCUT2D eigenvalue weighted by atomic mass is 10.7. The summed E-state index contributed by atoms with van der Waals surface area (Å²) >= 11 is 1.39. The molecule has 2 aromatic rings. The Morgan fingerprint density at radius 2 is 2.38 bits per heavy atom. The molecule has 6 nitrogen and oxygen atoms in total. The molecule has 2 aromatic heterocycles. The van der Waals surface area contributed by atoms with Crippen LogP contribution in [-0.2, 0) is 0 Å². The van der Waals surface area contributed by atoms with Crippen LogP contribution in [0.4, 0.5) is 0 Å². The Hall–Kier alpha value is -1.81. The summed E-state index contributed by atoms with van der Waals surface area (Å²) in [7, 11) is 0. The van der Waals surface area contributed by atoms with E-state index in [-0.39, 0.29) is 5.82 Å². The Bertz CT molecular complexity index is 463. The van der Waals surface area contributed by atoms with Gasteiger partial charge in [0.2, 0.25) is 5.13 Å². The van der Waals surface area contributed by atoms with Gasteiger partial charge in [0, 0.05) is 0 Å². The highest BCUT2D eigenvalue weighted by atomic mass is 32.1. The van der Waals surface area contributed by atoms with E-state index in [9.17, 15) is 0 Å². The van der Waals surface area contributed by atoms with E-state index in [4.69, 9.17) is 5.26 Å². The van der Waals surface area contributed by atoms with Gasteiger partial charge in [-0.15, -0.1) is 15.3 Å². The van der Waals surface area contributed by atoms with Crippen LogP contribution in [0.3, 0.4) is 0 Å². The molecule has 0 N–H and O–H groups in total. The summed E-state index contributed by atoms with van der Waals surface area (Å²) in [5.41, 5.74) is 0. The molecule has 0 atom stereocenters. The summed E-state index contributed by atoms with van der Waals surface area (Å²) in [6.07, 6.45) is 1.44. The highest BCUT2D eigenvalue weighted by Crippen LogP contribution is 2.11. The molecule has 0 aliphatic rings. The van der Waals surface area contributed by atoms with E-state index < -0.39 is 0 Å². The standard InChI is InChI=1S/C6H4N6S/c1-4-9-10-6(13-4)12-3-8-5(2-7)11-12/h3H,1H3. The van der Waals surface area contributed by atoms with Crippen LogP contribution in [-0.4, -0.2) is 25.0 Å². The van der Waals surface area contributed by atoms with Crippen LogP contribution in [0.1, 0.15) is 10.8 Å². The van der Waals surface area contributed by atoms with Crippen LogP contribution in [0, 0.1) is 18.3 Å². The Balaban J connectivity index is 2.42. The molecule has 0 spiro atoms. The van der Waals surface area contributed by atoms with Crippen molar-refractivity contribution in [3.05, 3.63) is 17.2 Å². The van der Waals surface area contributed by atoms with Crippen molar-refractivity contribution in [1.29, 1.82) is 5.26 Å². The molecule has 2 rings (SSSR count). The van der Waals surface area contributed by atoms with Gasteiger partial charge >= 0.3 is 0 Å². The van der Waals surface area contributed by atoms with Gasteiger partial charge in [-0.05, 0) is 6.92 Å². The fourth-order valence-corrected chi connectivity index (χ4v) is 1.39. The molecule has 0 fully saturated rings. The summed E-state index contributed by atoms with van der Waals surface area (Å²) < 4.78 is 1.43. The molecule has 0 radical (unpaired) electrons. The number of nitrogens with zero attached hydrogens (tertiary/aromatic N) is 6. The van der Waals surface area contributed by atoms with Crippen LogP contribution in [0.2, 0.25) is 0 Å². The molecule has 0 aliphatic heterocycles. The molecule has 0 saturated heterocycles. The van der Waals surface area contributed by atoms with E-state index in [2.05, 4.69) is 20.3 Å². The summed E-state index contributed by atoms with van der Waals surface area (Å²) in [4.78, 5) is 3.75. The highest BCUT2D eigenvalue weighted by Gasteiger charge is 2.05. The Morgan fingerprint density at radius 3 is 2.92 bits per heavy atom. The van der Waals surface area contributed by atoms with E-state index in [1.165, 1.54) is 22.3 Å². The van der Waals surface area contributed by atoms with Gasteiger partial charge in [-0.1, -0.05) is 11.3 Å². The molecule has 64 valence electrons. The lowest BCUT2D eigenvalue weighted by Gasteiger charge is -1.87. The lowest BCUT2D eigenvalue weighted by molar-refractivity contribution is 0.838. The zero-order chi connectivity index (χ0) is 9.26. The summed E-state index contributed by atoms with van der Waals surface area (Å²) in [6, 6.07) is 1.84. The van der Waals surface area contributed by atoms with Gasteiger partial charge in [-0.25, -0.2) is 4.98 Å². The predicted octanol–water partition coefficient (Wildman–Crippen LogP) is 0.299. The van der Waals surface area contributed by atoms with Crippen molar-refractivity contribution in [2.75, 3.05) is 0 Å². The minimum Gasteiger partial charge on any atom is -0.206 e. The van der Waals surface area contributed by atoms with Crippen molar-refractivity contribution in [3.63, 3.8) is 0 Å². The van der Waals surface area contributed by atoms with Gasteiger partial charge in [0.25, 0.3) is 5.82 Å². The fraction of sp³-hybridized carbons (Fsp3) is 0.167. The number of hydrogen-bond acceptors (Lipinski definition) is 6. The maximum Gasteiger partial charge on any atom is 0.252 e. The van der Waals surface area contributed by atoms with Gasteiger partial charge in [-0.2, -0.15) is 9.94 Å². The Labute approximate surface area is 77.5 Å². The summed E-state index contributed by atoms with van der Waals surface area (Å²) in [6.45, 7) is 1.85. The van der Waals surface area contributed by atoms with Gasteiger partial charge in [0.1, 0.15) is 17.4 Å². The molecular formula is C6H4N6S. The number of hydrogen-bond donors (Lipinski definition) is 0. The van der Waals surface area contributed by atoms with Crippen LogP contribution in [0.15, 0.2) is 6.33 Å². The molecule has 0 saturated carbocycles. The van der Waals surface area contributed by atoms with E-state index in [1.54, 1.807) is 0 Å². The Kier molecular flexibility index (Phi) is 1.75. The van der Waals surface area contributed by atoms with Crippen LogP contribution < -0.4 is 0 Å². The van der Waals surface area contributed by atoms with Gasteiger partial charge in [-0.3, -0.25) is 0 Å². The molecule has 13 heavy (non-hydrogen) atoms. The number of rotatable bonds is 1. The average molecular weight is 192 g/mol. The first-order chi connectivity index (χ1) is 6.29. The Morgan fingerprint density at radius 1 is 1.54 bits per heavy atom. The summed E-state index contributed by atoms with van der Waals surface area (Å²) in [5, 5.41) is 21.5. The molecule has 0 amide bonds. The first-order valence-electron chi connectivity index (χ1n) is 3.42. The largest absolute Gasteiger partial charge is 0.252 e.